The van der Waals surface area contributed by atoms with Gasteiger partial charge in [-0.15, -0.1) is 0 Å². The normalized spacial score (nSPS) is 13.1. The van der Waals surface area contributed by atoms with E-state index in [4.69, 9.17) is 9.40 Å². The highest BCUT2D eigenvalue weighted by Gasteiger charge is 2.48. The SMILES string of the molecule is Cc1ccc(N(c2ccc(C(C)(C)C)cc2)c2cc3c(c4oc5ccccc5c24)-c2ccc(-c4ccccc4)cc2C3(c2ccccc2)c2ccccc2)nc1. The molecule has 0 atom stereocenters. The lowest BCUT2D eigenvalue weighted by molar-refractivity contribution is 0.590. The Balaban J connectivity index is 1.38. The summed E-state index contributed by atoms with van der Waals surface area (Å²) in [6, 6.07) is 63.9. The number of benzene rings is 7. The molecule has 0 N–H and O–H groups in total. The maximum atomic E-state index is 7.13. The molecule has 7 aromatic carbocycles. The standard InChI is InChI=1S/C53H42N2O/c1-35-24-31-48(54-34-35)55(41-28-26-38(27-29-41)52(2,3)4)46-33-45-49(51-50(46)43-22-14-15-23-47(43)56-51)42-30-25-37(36-16-8-5-9-17-36)32-44(42)53(45,39-18-10-6-11-19-39)40-20-12-7-13-21-40/h5-34H,1-4H3. The summed E-state index contributed by atoms with van der Waals surface area (Å²) in [5, 5.41) is 2.14. The van der Waals surface area contributed by atoms with Gasteiger partial charge in [0.15, 0.2) is 0 Å². The molecule has 0 spiro atoms. The van der Waals surface area contributed by atoms with Crippen molar-refractivity contribution in [3.63, 3.8) is 0 Å². The molecule has 0 bridgehead atoms. The second-order valence-electron chi connectivity index (χ2n) is 16.1. The summed E-state index contributed by atoms with van der Waals surface area (Å²) in [5.41, 5.74) is 15.0. The van der Waals surface area contributed by atoms with Crippen LogP contribution in [0, 0.1) is 6.92 Å². The summed E-state index contributed by atoms with van der Waals surface area (Å²) in [7, 11) is 0. The number of furan rings is 1. The first-order valence-electron chi connectivity index (χ1n) is 19.5. The van der Waals surface area contributed by atoms with Crippen molar-refractivity contribution in [2.45, 2.75) is 38.5 Å². The minimum absolute atomic E-state index is 0.0163. The summed E-state index contributed by atoms with van der Waals surface area (Å²) >= 11 is 0. The van der Waals surface area contributed by atoms with Crippen LogP contribution in [0.3, 0.4) is 0 Å². The number of pyridine rings is 1. The third-order valence-corrected chi connectivity index (χ3v) is 11.6. The van der Waals surface area contributed by atoms with Gasteiger partial charge in [-0.05, 0) is 98.8 Å². The highest BCUT2D eigenvalue weighted by Crippen LogP contribution is 2.61. The Kier molecular flexibility index (Phi) is 7.83. The lowest BCUT2D eigenvalue weighted by atomic mass is 9.67. The Morgan fingerprint density at radius 3 is 1.88 bits per heavy atom. The minimum Gasteiger partial charge on any atom is -0.455 e. The summed E-state index contributed by atoms with van der Waals surface area (Å²) < 4.78 is 7.13. The molecule has 1 aliphatic rings. The van der Waals surface area contributed by atoms with Gasteiger partial charge in [-0.3, -0.25) is 4.90 Å². The van der Waals surface area contributed by atoms with Crippen molar-refractivity contribution in [3.05, 3.63) is 216 Å². The van der Waals surface area contributed by atoms with Crippen LogP contribution in [-0.4, -0.2) is 4.98 Å². The fourth-order valence-corrected chi connectivity index (χ4v) is 8.91. The Morgan fingerprint density at radius 2 is 1.23 bits per heavy atom. The molecule has 56 heavy (non-hydrogen) atoms. The number of nitrogens with zero attached hydrogens (tertiary/aromatic N) is 2. The molecule has 0 radical (unpaired) electrons. The highest BCUT2D eigenvalue weighted by molar-refractivity contribution is 6.19. The maximum absolute atomic E-state index is 7.13. The van der Waals surface area contributed by atoms with E-state index in [1.807, 2.05) is 6.20 Å². The van der Waals surface area contributed by atoms with Gasteiger partial charge in [-0.1, -0.05) is 160 Å². The first-order valence-corrected chi connectivity index (χ1v) is 19.5. The second-order valence-corrected chi connectivity index (χ2v) is 16.1. The van der Waals surface area contributed by atoms with Crippen LogP contribution >= 0.6 is 0 Å². The molecule has 2 heterocycles. The van der Waals surface area contributed by atoms with Crippen molar-refractivity contribution >= 4 is 39.1 Å². The van der Waals surface area contributed by atoms with Crippen molar-refractivity contribution in [2.75, 3.05) is 4.90 Å². The molecule has 0 fully saturated rings. The summed E-state index contributed by atoms with van der Waals surface area (Å²) in [6.07, 6.45) is 1.96. The van der Waals surface area contributed by atoms with Crippen LogP contribution in [0.1, 0.15) is 54.2 Å². The first kappa shape index (κ1) is 33.8. The minimum atomic E-state index is -0.664. The van der Waals surface area contributed by atoms with Gasteiger partial charge in [-0.25, -0.2) is 4.98 Å². The smallest absolute Gasteiger partial charge is 0.145 e. The quantitative estimate of drug-likeness (QED) is 0.171. The fraction of sp³-hybridized carbons (Fsp3) is 0.113. The van der Waals surface area contributed by atoms with E-state index in [1.165, 1.54) is 44.5 Å². The topological polar surface area (TPSA) is 29.3 Å². The zero-order chi connectivity index (χ0) is 38.0. The van der Waals surface area contributed by atoms with Gasteiger partial charge in [0.25, 0.3) is 0 Å². The number of hydrogen-bond donors (Lipinski definition) is 0. The Bertz CT molecular complexity index is 2830. The van der Waals surface area contributed by atoms with Crippen LogP contribution in [0.2, 0.25) is 0 Å². The van der Waals surface area contributed by atoms with E-state index in [0.717, 1.165) is 50.3 Å². The van der Waals surface area contributed by atoms with E-state index in [1.54, 1.807) is 0 Å². The van der Waals surface area contributed by atoms with E-state index in [-0.39, 0.29) is 5.41 Å². The van der Waals surface area contributed by atoms with Gasteiger partial charge in [0.2, 0.25) is 0 Å². The van der Waals surface area contributed by atoms with E-state index < -0.39 is 5.41 Å². The van der Waals surface area contributed by atoms with E-state index in [9.17, 15) is 0 Å². The fourth-order valence-electron chi connectivity index (χ4n) is 8.91. The lowest BCUT2D eigenvalue weighted by Crippen LogP contribution is -2.29. The van der Waals surface area contributed by atoms with Crippen molar-refractivity contribution in [1.29, 1.82) is 0 Å². The number of para-hydroxylation sites is 1. The molecule has 0 unspecified atom stereocenters. The van der Waals surface area contributed by atoms with Crippen molar-refractivity contribution in [3.8, 4) is 22.3 Å². The number of aryl methyl sites for hydroxylation is 1. The molecular formula is C53H42N2O. The van der Waals surface area contributed by atoms with Crippen LogP contribution in [0.4, 0.5) is 17.2 Å². The van der Waals surface area contributed by atoms with Crippen LogP contribution in [0.25, 0.3) is 44.2 Å². The number of anilines is 3. The van der Waals surface area contributed by atoms with Gasteiger partial charge in [-0.2, -0.15) is 0 Å². The summed E-state index contributed by atoms with van der Waals surface area (Å²) in [4.78, 5) is 7.43. The second kappa shape index (κ2) is 13.0. The monoisotopic (exact) mass is 722 g/mol. The number of hydrogen-bond acceptors (Lipinski definition) is 3. The van der Waals surface area contributed by atoms with E-state index >= 15 is 0 Å². The predicted molar refractivity (Wildman–Crippen MR) is 232 cm³/mol. The predicted octanol–water partition coefficient (Wildman–Crippen LogP) is 14.1. The van der Waals surface area contributed by atoms with Gasteiger partial charge in [0, 0.05) is 22.8 Å². The van der Waals surface area contributed by atoms with Crippen LogP contribution < -0.4 is 4.90 Å². The largest absolute Gasteiger partial charge is 0.455 e. The Hall–Kier alpha value is -6.71. The lowest BCUT2D eigenvalue weighted by Gasteiger charge is -2.35. The third-order valence-electron chi connectivity index (χ3n) is 11.6. The average molecular weight is 723 g/mol. The van der Waals surface area contributed by atoms with Crippen LogP contribution in [0.15, 0.2) is 187 Å². The molecule has 3 nitrogen and oxygen atoms in total. The first-order chi connectivity index (χ1) is 27.3. The third kappa shape index (κ3) is 5.22. The van der Waals surface area contributed by atoms with Crippen molar-refractivity contribution < 1.29 is 4.42 Å². The zero-order valence-corrected chi connectivity index (χ0v) is 32.1. The summed E-state index contributed by atoms with van der Waals surface area (Å²) in [5.74, 6) is 0.845. The molecule has 3 heteroatoms. The number of aromatic nitrogens is 1. The van der Waals surface area contributed by atoms with Gasteiger partial charge in [0.1, 0.15) is 17.0 Å². The van der Waals surface area contributed by atoms with Gasteiger partial charge < -0.3 is 4.42 Å². The van der Waals surface area contributed by atoms with Gasteiger partial charge in [0.05, 0.1) is 16.5 Å². The molecule has 9 aromatic rings. The van der Waals surface area contributed by atoms with Crippen LogP contribution in [-0.2, 0) is 10.8 Å². The molecule has 0 aliphatic heterocycles. The number of rotatable bonds is 6. The molecule has 270 valence electrons. The van der Waals surface area contributed by atoms with E-state index in [2.05, 4.69) is 209 Å². The zero-order valence-electron chi connectivity index (χ0n) is 32.1. The number of fused-ring (bicyclic) bond motifs is 7. The van der Waals surface area contributed by atoms with Gasteiger partial charge >= 0.3 is 0 Å². The molecular weight excluding hydrogens is 681 g/mol. The van der Waals surface area contributed by atoms with E-state index in [0.29, 0.717) is 0 Å². The van der Waals surface area contributed by atoms with Crippen molar-refractivity contribution in [2.24, 2.45) is 0 Å². The highest BCUT2D eigenvalue weighted by atomic mass is 16.3. The Morgan fingerprint density at radius 1 is 0.589 bits per heavy atom. The average Bonchev–Trinajstić information content (AvgIpc) is 3.76. The molecule has 10 rings (SSSR count). The molecule has 0 saturated carbocycles. The molecule has 2 aromatic heterocycles. The molecule has 0 saturated heterocycles. The molecule has 0 amide bonds. The molecule has 1 aliphatic carbocycles. The maximum Gasteiger partial charge on any atom is 0.145 e. The Labute approximate surface area is 328 Å². The van der Waals surface area contributed by atoms with Crippen LogP contribution in [0.5, 0.6) is 0 Å². The van der Waals surface area contributed by atoms with Crippen molar-refractivity contribution in [1.82, 2.24) is 4.98 Å². The summed E-state index contributed by atoms with van der Waals surface area (Å²) in [6.45, 7) is 8.87.